The Bertz CT molecular complexity index is 842. The molecule has 1 aliphatic heterocycles. The van der Waals surface area contributed by atoms with Gasteiger partial charge in [-0.25, -0.2) is 9.38 Å². The fourth-order valence-corrected chi connectivity index (χ4v) is 3.33. The Morgan fingerprint density at radius 3 is 2.68 bits per heavy atom. The SMILES string of the molecule is O=C(C[C@H]1SC(=Nc2ccc(F)cc2)NC1=O)Nc1ccccc1Cl. The molecule has 0 bridgehead atoms. The van der Waals surface area contributed by atoms with Crippen molar-refractivity contribution in [3.63, 3.8) is 0 Å². The van der Waals surface area contributed by atoms with Crippen molar-refractivity contribution in [2.75, 3.05) is 5.32 Å². The molecule has 128 valence electrons. The third kappa shape index (κ3) is 4.58. The molecule has 1 heterocycles. The first-order chi connectivity index (χ1) is 12.0. The van der Waals surface area contributed by atoms with Crippen LogP contribution in [0.4, 0.5) is 15.8 Å². The Kier molecular flexibility index (Phi) is 5.35. The fourth-order valence-electron chi connectivity index (χ4n) is 2.16. The van der Waals surface area contributed by atoms with Crippen LogP contribution in [0.1, 0.15) is 6.42 Å². The molecule has 1 aliphatic rings. The lowest BCUT2D eigenvalue weighted by Gasteiger charge is -2.08. The minimum atomic E-state index is -0.582. The van der Waals surface area contributed by atoms with Crippen molar-refractivity contribution in [3.05, 3.63) is 59.4 Å². The second kappa shape index (κ2) is 7.67. The van der Waals surface area contributed by atoms with Gasteiger partial charge in [-0.3, -0.25) is 9.59 Å². The van der Waals surface area contributed by atoms with Gasteiger partial charge in [0.05, 0.1) is 16.4 Å². The van der Waals surface area contributed by atoms with E-state index in [1.165, 1.54) is 24.3 Å². The van der Waals surface area contributed by atoms with Crippen LogP contribution in [0.5, 0.6) is 0 Å². The molecule has 25 heavy (non-hydrogen) atoms. The first-order valence-corrected chi connectivity index (χ1v) is 8.63. The van der Waals surface area contributed by atoms with E-state index in [2.05, 4.69) is 15.6 Å². The van der Waals surface area contributed by atoms with Gasteiger partial charge in [0.2, 0.25) is 11.8 Å². The van der Waals surface area contributed by atoms with Gasteiger partial charge in [0, 0.05) is 6.42 Å². The Labute approximate surface area is 152 Å². The van der Waals surface area contributed by atoms with E-state index in [4.69, 9.17) is 11.6 Å². The topological polar surface area (TPSA) is 70.6 Å². The molecule has 5 nitrogen and oxygen atoms in total. The number of hydrogen-bond acceptors (Lipinski definition) is 4. The summed E-state index contributed by atoms with van der Waals surface area (Å²) >= 11 is 7.16. The molecule has 2 aromatic carbocycles. The predicted molar refractivity (Wildman–Crippen MR) is 97.7 cm³/mol. The largest absolute Gasteiger partial charge is 0.325 e. The number of nitrogens with zero attached hydrogens (tertiary/aromatic N) is 1. The van der Waals surface area contributed by atoms with Crippen LogP contribution >= 0.6 is 23.4 Å². The van der Waals surface area contributed by atoms with Crippen molar-refractivity contribution in [2.45, 2.75) is 11.7 Å². The molecule has 0 radical (unpaired) electrons. The highest BCUT2D eigenvalue weighted by Crippen LogP contribution is 2.26. The zero-order valence-electron chi connectivity index (χ0n) is 12.8. The normalized spacial score (nSPS) is 18.2. The monoisotopic (exact) mass is 377 g/mol. The summed E-state index contributed by atoms with van der Waals surface area (Å²) in [7, 11) is 0. The van der Waals surface area contributed by atoms with Gasteiger partial charge in [0.15, 0.2) is 5.17 Å². The maximum atomic E-state index is 12.9. The number of amidine groups is 1. The van der Waals surface area contributed by atoms with Crippen molar-refractivity contribution in [2.24, 2.45) is 4.99 Å². The van der Waals surface area contributed by atoms with Crippen molar-refractivity contribution < 1.29 is 14.0 Å². The first-order valence-electron chi connectivity index (χ1n) is 7.37. The summed E-state index contributed by atoms with van der Waals surface area (Å²) in [6.07, 6.45) is -0.00976. The minimum absolute atomic E-state index is 0.00976. The number of carbonyl (C=O) groups excluding carboxylic acids is 2. The number of carbonyl (C=O) groups is 2. The molecule has 3 rings (SSSR count). The van der Waals surface area contributed by atoms with Crippen molar-refractivity contribution in [1.29, 1.82) is 0 Å². The fraction of sp³-hybridized carbons (Fsp3) is 0.118. The summed E-state index contributed by atoms with van der Waals surface area (Å²) < 4.78 is 12.9. The number of anilines is 1. The van der Waals surface area contributed by atoms with Gasteiger partial charge >= 0.3 is 0 Å². The predicted octanol–water partition coefficient (Wildman–Crippen LogP) is 3.73. The van der Waals surface area contributed by atoms with Crippen LogP contribution in [0.3, 0.4) is 0 Å². The summed E-state index contributed by atoms with van der Waals surface area (Å²) in [6.45, 7) is 0. The number of halogens is 2. The first kappa shape index (κ1) is 17.4. The minimum Gasteiger partial charge on any atom is -0.325 e. The third-order valence-corrected chi connectivity index (χ3v) is 4.76. The van der Waals surface area contributed by atoms with Gasteiger partial charge in [-0.1, -0.05) is 35.5 Å². The van der Waals surface area contributed by atoms with E-state index in [9.17, 15) is 14.0 Å². The van der Waals surface area contributed by atoms with Gasteiger partial charge in [0.25, 0.3) is 0 Å². The van der Waals surface area contributed by atoms with E-state index in [1.54, 1.807) is 24.3 Å². The zero-order valence-corrected chi connectivity index (χ0v) is 14.4. The lowest BCUT2D eigenvalue weighted by atomic mass is 10.2. The number of nitrogens with one attached hydrogen (secondary N) is 2. The number of rotatable bonds is 4. The van der Waals surface area contributed by atoms with Crippen LogP contribution in [-0.2, 0) is 9.59 Å². The Hall–Kier alpha value is -2.38. The van der Waals surface area contributed by atoms with E-state index < -0.39 is 5.25 Å². The molecule has 1 saturated heterocycles. The Morgan fingerprint density at radius 1 is 1.24 bits per heavy atom. The number of aliphatic imine (C=N–C) groups is 1. The van der Waals surface area contributed by atoms with Crippen molar-refractivity contribution >= 4 is 51.7 Å². The van der Waals surface area contributed by atoms with Crippen LogP contribution in [0.2, 0.25) is 5.02 Å². The smallest absolute Gasteiger partial charge is 0.240 e. The summed E-state index contributed by atoms with van der Waals surface area (Å²) in [5.41, 5.74) is 1.02. The molecule has 2 amide bonds. The average Bonchev–Trinajstić information content (AvgIpc) is 2.91. The number of hydrogen-bond donors (Lipinski definition) is 2. The molecule has 0 saturated carbocycles. The summed E-state index contributed by atoms with van der Waals surface area (Å²) in [5, 5.41) is 5.53. The van der Waals surface area contributed by atoms with Crippen LogP contribution < -0.4 is 10.6 Å². The molecule has 0 aliphatic carbocycles. The molecule has 0 spiro atoms. The number of para-hydroxylation sites is 1. The highest BCUT2D eigenvalue weighted by molar-refractivity contribution is 8.15. The summed E-state index contributed by atoms with van der Waals surface area (Å²) in [5.74, 6) is -0.967. The van der Waals surface area contributed by atoms with Crippen molar-refractivity contribution in [3.8, 4) is 0 Å². The van der Waals surface area contributed by atoms with Crippen LogP contribution in [0.15, 0.2) is 53.5 Å². The zero-order chi connectivity index (χ0) is 17.8. The highest BCUT2D eigenvalue weighted by atomic mass is 35.5. The quantitative estimate of drug-likeness (QED) is 0.852. The number of amides is 2. The second-order valence-electron chi connectivity index (χ2n) is 5.22. The van der Waals surface area contributed by atoms with Gasteiger partial charge in [-0.15, -0.1) is 0 Å². The molecule has 1 atom stereocenters. The number of benzene rings is 2. The second-order valence-corrected chi connectivity index (χ2v) is 6.82. The third-order valence-electron chi connectivity index (χ3n) is 3.35. The molecule has 0 aromatic heterocycles. The lowest BCUT2D eigenvalue weighted by Crippen LogP contribution is -2.28. The maximum Gasteiger partial charge on any atom is 0.240 e. The highest BCUT2D eigenvalue weighted by Gasteiger charge is 2.32. The van der Waals surface area contributed by atoms with E-state index in [0.29, 0.717) is 21.6 Å². The van der Waals surface area contributed by atoms with E-state index in [1.807, 2.05) is 0 Å². The van der Waals surface area contributed by atoms with Crippen molar-refractivity contribution in [1.82, 2.24) is 5.32 Å². The van der Waals surface area contributed by atoms with Gasteiger partial charge < -0.3 is 10.6 Å². The Morgan fingerprint density at radius 2 is 1.96 bits per heavy atom. The lowest BCUT2D eigenvalue weighted by molar-refractivity contribution is -0.122. The van der Waals surface area contributed by atoms with E-state index in [0.717, 1.165) is 11.8 Å². The molecule has 1 fully saturated rings. The van der Waals surface area contributed by atoms with Gasteiger partial charge in [0.1, 0.15) is 11.1 Å². The Balaban J connectivity index is 1.62. The average molecular weight is 378 g/mol. The van der Waals surface area contributed by atoms with Gasteiger partial charge in [-0.05, 0) is 36.4 Å². The van der Waals surface area contributed by atoms with E-state index in [-0.39, 0.29) is 24.1 Å². The number of thioether (sulfide) groups is 1. The molecule has 0 unspecified atom stereocenters. The molecular weight excluding hydrogens is 365 g/mol. The molecule has 8 heteroatoms. The van der Waals surface area contributed by atoms with E-state index >= 15 is 0 Å². The van der Waals surface area contributed by atoms with Crippen LogP contribution in [0, 0.1) is 5.82 Å². The standard InChI is InChI=1S/C17H13ClFN3O2S/c18-12-3-1-2-4-13(12)21-15(23)9-14-16(24)22-17(25-14)20-11-7-5-10(19)6-8-11/h1-8,14H,9H2,(H,21,23)(H,20,22,24)/t14-/m1/s1. The van der Waals surface area contributed by atoms with Crippen LogP contribution in [0.25, 0.3) is 0 Å². The molecule has 2 aromatic rings. The maximum absolute atomic E-state index is 12.9. The molecule has 2 N–H and O–H groups in total. The van der Waals surface area contributed by atoms with Gasteiger partial charge in [-0.2, -0.15) is 0 Å². The molecular formula is C17H13ClFN3O2S. The van der Waals surface area contributed by atoms with Crippen LogP contribution in [-0.4, -0.2) is 22.2 Å². The summed E-state index contributed by atoms with van der Waals surface area (Å²) in [4.78, 5) is 28.4. The summed E-state index contributed by atoms with van der Waals surface area (Å²) in [6, 6.07) is 12.5.